The van der Waals surface area contributed by atoms with E-state index in [1.54, 1.807) is 0 Å². The molecule has 0 radical (unpaired) electrons. The molecule has 0 aromatic heterocycles. The van der Waals surface area contributed by atoms with Crippen LogP contribution in [0.1, 0.15) is 65.2 Å². The molecular formula is C16H29NO2. The maximum atomic E-state index is 11.7. The normalized spacial score (nSPS) is 37.2. The van der Waals surface area contributed by atoms with Crippen LogP contribution in [0.2, 0.25) is 0 Å². The summed E-state index contributed by atoms with van der Waals surface area (Å²) < 4.78 is 0. The van der Waals surface area contributed by atoms with Crippen LogP contribution in [-0.2, 0) is 4.79 Å². The van der Waals surface area contributed by atoms with Crippen LogP contribution in [0, 0.1) is 11.3 Å². The fourth-order valence-electron chi connectivity index (χ4n) is 4.21. The van der Waals surface area contributed by atoms with Gasteiger partial charge >= 0.3 is 5.97 Å². The van der Waals surface area contributed by atoms with E-state index in [4.69, 9.17) is 0 Å². The molecule has 3 nitrogen and oxygen atoms in total. The lowest BCUT2D eigenvalue weighted by Gasteiger charge is -2.47. The predicted molar refractivity (Wildman–Crippen MR) is 77.2 cm³/mol. The number of hydrogen-bond donors (Lipinski definition) is 1. The molecule has 1 aliphatic heterocycles. The fraction of sp³-hybridized carbons (Fsp3) is 0.938. The lowest BCUT2D eigenvalue weighted by Crippen LogP contribution is -2.53. The number of piperidine rings is 1. The van der Waals surface area contributed by atoms with Crippen molar-refractivity contribution in [2.45, 2.75) is 71.3 Å². The Labute approximate surface area is 117 Å². The highest BCUT2D eigenvalue weighted by Gasteiger charge is 2.43. The van der Waals surface area contributed by atoms with Gasteiger partial charge in [-0.2, -0.15) is 0 Å². The third kappa shape index (κ3) is 2.96. The zero-order valence-corrected chi connectivity index (χ0v) is 12.5. The molecule has 1 aliphatic carbocycles. The molecule has 3 unspecified atom stereocenters. The number of aliphatic carboxylic acids is 1. The van der Waals surface area contributed by atoms with Gasteiger partial charge in [0, 0.05) is 12.6 Å². The van der Waals surface area contributed by atoms with E-state index in [0.29, 0.717) is 6.04 Å². The van der Waals surface area contributed by atoms with Gasteiger partial charge in [-0.05, 0) is 44.6 Å². The Morgan fingerprint density at radius 2 is 2.00 bits per heavy atom. The monoisotopic (exact) mass is 267 g/mol. The van der Waals surface area contributed by atoms with Crippen molar-refractivity contribution in [1.29, 1.82) is 0 Å². The predicted octanol–water partition coefficient (Wildman–Crippen LogP) is 3.53. The Balaban J connectivity index is 2.09. The molecule has 19 heavy (non-hydrogen) atoms. The second kappa shape index (κ2) is 6.25. The van der Waals surface area contributed by atoms with Crippen LogP contribution in [0.15, 0.2) is 0 Å². The zero-order valence-electron chi connectivity index (χ0n) is 12.5. The lowest BCUT2D eigenvalue weighted by molar-refractivity contribution is -0.154. The van der Waals surface area contributed by atoms with Crippen molar-refractivity contribution in [1.82, 2.24) is 4.90 Å². The first-order valence-electron chi connectivity index (χ1n) is 8.10. The molecule has 110 valence electrons. The van der Waals surface area contributed by atoms with E-state index < -0.39 is 11.4 Å². The van der Waals surface area contributed by atoms with Crippen LogP contribution < -0.4 is 0 Å². The highest BCUT2D eigenvalue weighted by atomic mass is 16.4. The number of hydrogen-bond acceptors (Lipinski definition) is 2. The van der Waals surface area contributed by atoms with Crippen molar-refractivity contribution in [3.63, 3.8) is 0 Å². The fourth-order valence-corrected chi connectivity index (χ4v) is 4.21. The van der Waals surface area contributed by atoms with Crippen LogP contribution in [0.25, 0.3) is 0 Å². The van der Waals surface area contributed by atoms with Gasteiger partial charge in [0.15, 0.2) is 0 Å². The Morgan fingerprint density at radius 1 is 1.26 bits per heavy atom. The molecule has 0 bridgehead atoms. The first-order chi connectivity index (χ1) is 9.13. The Hall–Kier alpha value is -0.570. The third-order valence-corrected chi connectivity index (χ3v) is 5.60. The van der Waals surface area contributed by atoms with Gasteiger partial charge < -0.3 is 5.11 Å². The smallest absolute Gasteiger partial charge is 0.310 e. The molecule has 1 N–H and O–H groups in total. The van der Waals surface area contributed by atoms with Crippen molar-refractivity contribution >= 4 is 5.97 Å². The number of carbonyl (C=O) groups is 1. The van der Waals surface area contributed by atoms with Crippen molar-refractivity contribution in [2.24, 2.45) is 11.3 Å². The van der Waals surface area contributed by atoms with Crippen molar-refractivity contribution in [3.8, 4) is 0 Å². The number of rotatable bonds is 4. The van der Waals surface area contributed by atoms with Crippen LogP contribution in [0.5, 0.6) is 0 Å². The standard InChI is InChI=1S/C16H29NO2/c1-3-13-8-5-6-9-14(13)17-11-7-10-16(4-2,12-17)15(18)19/h13-14H,3-12H2,1-2H3,(H,18,19). The second-order valence-electron chi connectivity index (χ2n) is 6.53. The highest BCUT2D eigenvalue weighted by Crippen LogP contribution is 2.38. The molecule has 0 aromatic rings. The van der Waals surface area contributed by atoms with Crippen LogP contribution >= 0.6 is 0 Å². The number of carboxylic acid groups (broad SMARTS) is 1. The molecule has 1 heterocycles. The van der Waals surface area contributed by atoms with Crippen molar-refractivity contribution in [3.05, 3.63) is 0 Å². The third-order valence-electron chi connectivity index (χ3n) is 5.60. The largest absolute Gasteiger partial charge is 0.481 e. The van der Waals surface area contributed by atoms with E-state index in [1.807, 2.05) is 6.92 Å². The van der Waals surface area contributed by atoms with Gasteiger partial charge in [0.25, 0.3) is 0 Å². The average Bonchev–Trinajstić information content (AvgIpc) is 2.47. The molecule has 0 amide bonds. The molecule has 3 heteroatoms. The summed E-state index contributed by atoms with van der Waals surface area (Å²) in [6.07, 6.45) is 9.22. The van der Waals surface area contributed by atoms with Gasteiger partial charge in [0.2, 0.25) is 0 Å². The summed E-state index contributed by atoms with van der Waals surface area (Å²) in [5.41, 5.74) is -0.478. The van der Waals surface area contributed by atoms with Gasteiger partial charge in [-0.15, -0.1) is 0 Å². The van der Waals surface area contributed by atoms with E-state index >= 15 is 0 Å². The first-order valence-corrected chi connectivity index (χ1v) is 8.10. The Kier molecular flexibility index (Phi) is 4.88. The molecule has 2 aliphatic rings. The van der Waals surface area contributed by atoms with Crippen LogP contribution in [-0.4, -0.2) is 35.1 Å². The Bertz CT molecular complexity index is 318. The van der Waals surface area contributed by atoms with E-state index in [2.05, 4.69) is 11.8 Å². The first kappa shape index (κ1) is 14.8. The quantitative estimate of drug-likeness (QED) is 0.847. The molecule has 2 fully saturated rings. The molecule has 2 rings (SSSR count). The number of nitrogens with zero attached hydrogens (tertiary/aromatic N) is 1. The van der Waals surface area contributed by atoms with Gasteiger partial charge in [-0.3, -0.25) is 9.69 Å². The Morgan fingerprint density at radius 3 is 2.63 bits per heavy atom. The lowest BCUT2D eigenvalue weighted by atomic mass is 9.75. The summed E-state index contributed by atoms with van der Waals surface area (Å²) in [4.78, 5) is 14.2. The minimum Gasteiger partial charge on any atom is -0.481 e. The maximum Gasteiger partial charge on any atom is 0.310 e. The average molecular weight is 267 g/mol. The maximum absolute atomic E-state index is 11.7. The highest BCUT2D eigenvalue weighted by molar-refractivity contribution is 5.75. The van der Waals surface area contributed by atoms with E-state index in [9.17, 15) is 9.90 Å². The summed E-state index contributed by atoms with van der Waals surface area (Å²) in [5, 5.41) is 9.60. The number of likely N-dealkylation sites (tertiary alicyclic amines) is 1. The summed E-state index contributed by atoms with van der Waals surface area (Å²) in [7, 11) is 0. The van der Waals surface area contributed by atoms with Crippen LogP contribution in [0.4, 0.5) is 0 Å². The van der Waals surface area contributed by atoms with Gasteiger partial charge in [0.1, 0.15) is 0 Å². The summed E-state index contributed by atoms with van der Waals surface area (Å²) >= 11 is 0. The SMILES string of the molecule is CCC1CCCCC1N1CCCC(CC)(C(=O)O)C1. The number of carboxylic acids is 1. The van der Waals surface area contributed by atoms with Gasteiger partial charge in [-0.1, -0.05) is 33.1 Å². The molecule has 3 atom stereocenters. The summed E-state index contributed by atoms with van der Waals surface area (Å²) in [5.74, 6) is 0.207. The van der Waals surface area contributed by atoms with Crippen LogP contribution in [0.3, 0.4) is 0 Å². The minimum absolute atomic E-state index is 0.478. The topological polar surface area (TPSA) is 40.5 Å². The van der Waals surface area contributed by atoms with E-state index in [1.165, 1.54) is 32.1 Å². The second-order valence-corrected chi connectivity index (χ2v) is 6.53. The van der Waals surface area contributed by atoms with E-state index in [0.717, 1.165) is 38.3 Å². The molecule has 1 saturated heterocycles. The van der Waals surface area contributed by atoms with E-state index in [-0.39, 0.29) is 0 Å². The van der Waals surface area contributed by atoms with Gasteiger partial charge in [0.05, 0.1) is 5.41 Å². The van der Waals surface area contributed by atoms with Crippen molar-refractivity contribution in [2.75, 3.05) is 13.1 Å². The molecular weight excluding hydrogens is 238 g/mol. The van der Waals surface area contributed by atoms with Crippen molar-refractivity contribution < 1.29 is 9.90 Å². The zero-order chi connectivity index (χ0) is 13.9. The summed E-state index contributed by atoms with van der Waals surface area (Å²) in [6, 6.07) is 0.643. The molecule has 0 aromatic carbocycles. The van der Waals surface area contributed by atoms with Gasteiger partial charge in [-0.25, -0.2) is 0 Å². The minimum atomic E-state index is -0.580. The molecule has 1 saturated carbocycles. The molecule has 0 spiro atoms. The summed E-state index contributed by atoms with van der Waals surface area (Å²) in [6.45, 7) is 6.21.